The van der Waals surface area contributed by atoms with Crippen LogP contribution in [0.3, 0.4) is 0 Å². The Morgan fingerprint density at radius 2 is 2.38 bits per heavy atom. The first kappa shape index (κ1) is 14.0. The van der Waals surface area contributed by atoms with Crippen LogP contribution in [-0.4, -0.2) is 24.2 Å². The number of hydrogen-bond acceptors (Lipinski definition) is 3. The molecule has 2 saturated carbocycles. The van der Waals surface area contributed by atoms with Gasteiger partial charge in [0.1, 0.15) is 0 Å². The SMILES string of the molecule is O=C(NCc1ccnc(OC(F)F)c1)NCC12CCC1C2. The summed E-state index contributed by atoms with van der Waals surface area (Å²) in [6.07, 6.45) is 5.09. The van der Waals surface area contributed by atoms with Gasteiger partial charge in [0, 0.05) is 25.4 Å². The number of nitrogens with zero attached hydrogens (tertiary/aromatic N) is 1. The van der Waals surface area contributed by atoms with E-state index in [-0.39, 0.29) is 18.5 Å². The van der Waals surface area contributed by atoms with Gasteiger partial charge in [0.2, 0.25) is 5.88 Å². The third-order valence-corrected chi connectivity index (χ3v) is 4.41. The van der Waals surface area contributed by atoms with E-state index < -0.39 is 6.61 Å². The molecular formula is C14H17F2N3O2. The van der Waals surface area contributed by atoms with Gasteiger partial charge in [-0.15, -0.1) is 0 Å². The first-order valence-electron chi connectivity index (χ1n) is 6.99. The van der Waals surface area contributed by atoms with E-state index in [9.17, 15) is 13.6 Å². The molecule has 0 spiro atoms. The number of halogens is 2. The maximum Gasteiger partial charge on any atom is 0.388 e. The van der Waals surface area contributed by atoms with Crippen molar-refractivity contribution in [2.24, 2.45) is 11.3 Å². The molecule has 1 aromatic rings. The van der Waals surface area contributed by atoms with Crippen LogP contribution in [0.5, 0.6) is 5.88 Å². The molecule has 1 aromatic heterocycles. The summed E-state index contributed by atoms with van der Waals surface area (Å²) in [7, 11) is 0. The summed E-state index contributed by atoms with van der Waals surface area (Å²) in [5, 5.41) is 5.56. The summed E-state index contributed by atoms with van der Waals surface area (Å²) < 4.78 is 28.4. The van der Waals surface area contributed by atoms with Crippen LogP contribution < -0.4 is 15.4 Å². The maximum atomic E-state index is 12.1. The third kappa shape index (κ3) is 3.22. The minimum absolute atomic E-state index is 0.154. The minimum Gasteiger partial charge on any atom is -0.417 e. The molecule has 2 aliphatic rings. The van der Waals surface area contributed by atoms with Gasteiger partial charge in [0.15, 0.2) is 0 Å². The molecule has 1 heterocycles. The first-order chi connectivity index (χ1) is 10.1. The molecular weight excluding hydrogens is 280 g/mol. The van der Waals surface area contributed by atoms with Crippen LogP contribution in [0.15, 0.2) is 18.3 Å². The minimum atomic E-state index is -2.91. The molecule has 0 saturated heterocycles. The molecule has 2 unspecified atom stereocenters. The fourth-order valence-corrected chi connectivity index (χ4v) is 2.91. The summed E-state index contributed by atoms with van der Waals surface area (Å²) in [4.78, 5) is 15.4. The molecule has 21 heavy (non-hydrogen) atoms. The van der Waals surface area contributed by atoms with Crippen molar-refractivity contribution in [3.8, 4) is 5.88 Å². The van der Waals surface area contributed by atoms with Gasteiger partial charge in [0.05, 0.1) is 0 Å². The zero-order chi connectivity index (χ0) is 14.9. The number of carbonyl (C=O) groups excluding carboxylic acids is 1. The largest absolute Gasteiger partial charge is 0.417 e. The van der Waals surface area contributed by atoms with Crippen LogP contribution in [0.4, 0.5) is 13.6 Å². The topological polar surface area (TPSA) is 63.2 Å². The lowest BCUT2D eigenvalue weighted by molar-refractivity contribution is -0.0528. The van der Waals surface area contributed by atoms with Crippen LogP contribution >= 0.6 is 0 Å². The lowest BCUT2D eigenvalue weighted by Crippen LogP contribution is -2.40. The Hall–Kier alpha value is -1.92. The van der Waals surface area contributed by atoms with Gasteiger partial charge in [-0.05, 0) is 42.2 Å². The van der Waals surface area contributed by atoms with Crippen molar-refractivity contribution >= 4 is 6.03 Å². The molecule has 0 aliphatic heterocycles. The predicted molar refractivity (Wildman–Crippen MR) is 70.9 cm³/mol. The molecule has 2 amide bonds. The monoisotopic (exact) mass is 297 g/mol. The summed E-state index contributed by atoms with van der Waals surface area (Å²) in [5.41, 5.74) is 1.04. The highest BCUT2D eigenvalue weighted by molar-refractivity contribution is 5.74. The van der Waals surface area contributed by atoms with E-state index in [2.05, 4.69) is 20.4 Å². The number of ether oxygens (including phenoxy) is 1. The summed E-state index contributed by atoms with van der Waals surface area (Å²) in [6.45, 7) is -1.94. The van der Waals surface area contributed by atoms with Crippen LogP contribution in [0, 0.1) is 11.3 Å². The number of pyridine rings is 1. The molecule has 2 atom stereocenters. The van der Waals surface area contributed by atoms with Crippen molar-refractivity contribution in [3.05, 3.63) is 23.9 Å². The van der Waals surface area contributed by atoms with Gasteiger partial charge in [0.25, 0.3) is 0 Å². The van der Waals surface area contributed by atoms with Crippen molar-refractivity contribution in [3.63, 3.8) is 0 Å². The van der Waals surface area contributed by atoms with Gasteiger partial charge in [-0.1, -0.05) is 0 Å². The van der Waals surface area contributed by atoms with Crippen LogP contribution in [0.2, 0.25) is 0 Å². The predicted octanol–water partition coefficient (Wildman–Crippen LogP) is 2.28. The Kier molecular flexibility index (Phi) is 3.65. The molecule has 2 aliphatic carbocycles. The fraction of sp³-hybridized carbons (Fsp3) is 0.571. The summed E-state index contributed by atoms with van der Waals surface area (Å²) in [6, 6.07) is 2.78. The Bertz CT molecular complexity index is 537. The van der Waals surface area contributed by atoms with Gasteiger partial charge in [-0.2, -0.15) is 8.78 Å². The van der Waals surface area contributed by atoms with Gasteiger partial charge in [-0.3, -0.25) is 0 Å². The number of rotatable bonds is 6. The smallest absolute Gasteiger partial charge is 0.388 e. The highest BCUT2D eigenvalue weighted by atomic mass is 19.3. The lowest BCUT2D eigenvalue weighted by Gasteiger charge is -2.25. The molecule has 7 heteroatoms. The second-order valence-electron chi connectivity index (χ2n) is 5.72. The van der Waals surface area contributed by atoms with Crippen molar-refractivity contribution in [2.75, 3.05) is 6.54 Å². The number of fused-ring (bicyclic) bond motifs is 1. The van der Waals surface area contributed by atoms with Gasteiger partial charge < -0.3 is 15.4 Å². The first-order valence-corrected chi connectivity index (χ1v) is 6.99. The number of hydrogen-bond donors (Lipinski definition) is 2. The van der Waals surface area contributed by atoms with E-state index in [4.69, 9.17) is 0 Å². The van der Waals surface area contributed by atoms with Crippen molar-refractivity contribution in [1.82, 2.24) is 15.6 Å². The Morgan fingerprint density at radius 3 is 3.00 bits per heavy atom. The zero-order valence-corrected chi connectivity index (χ0v) is 11.4. The van der Waals surface area contributed by atoms with Crippen LogP contribution in [0.1, 0.15) is 24.8 Å². The van der Waals surface area contributed by atoms with Crippen molar-refractivity contribution in [1.29, 1.82) is 0 Å². The van der Waals surface area contributed by atoms with E-state index in [0.29, 0.717) is 11.0 Å². The zero-order valence-electron chi connectivity index (χ0n) is 11.4. The second kappa shape index (κ2) is 5.46. The van der Waals surface area contributed by atoms with Crippen LogP contribution in [-0.2, 0) is 6.54 Å². The number of urea groups is 1. The number of carbonyl (C=O) groups is 1. The molecule has 5 nitrogen and oxygen atoms in total. The number of alkyl halides is 2. The quantitative estimate of drug-likeness (QED) is 0.846. The average Bonchev–Trinajstić information content (AvgIpc) is 2.95. The Morgan fingerprint density at radius 1 is 1.52 bits per heavy atom. The summed E-state index contributed by atoms with van der Waals surface area (Å²) in [5.74, 6) is 0.658. The Labute approximate surface area is 121 Å². The molecule has 2 N–H and O–H groups in total. The van der Waals surface area contributed by atoms with Crippen molar-refractivity contribution in [2.45, 2.75) is 32.4 Å². The highest BCUT2D eigenvalue weighted by Crippen LogP contribution is 2.67. The fourth-order valence-electron chi connectivity index (χ4n) is 2.91. The number of aromatic nitrogens is 1. The number of amides is 2. The summed E-state index contributed by atoms with van der Waals surface area (Å²) >= 11 is 0. The standard InChI is InChI=1S/C14H17F2N3O2/c15-12(16)21-11-5-9(2-4-17-11)7-18-13(20)19-8-14-3-1-10(14)6-14/h2,4-5,10,12H,1,3,6-8H2,(H2,18,19,20). The molecule has 2 fully saturated rings. The molecule has 0 bridgehead atoms. The van der Waals surface area contributed by atoms with Crippen LogP contribution in [0.25, 0.3) is 0 Å². The third-order valence-electron chi connectivity index (χ3n) is 4.41. The van der Waals surface area contributed by atoms with E-state index in [0.717, 1.165) is 12.5 Å². The maximum absolute atomic E-state index is 12.1. The lowest BCUT2D eigenvalue weighted by atomic mass is 9.85. The molecule has 0 radical (unpaired) electrons. The van der Waals surface area contributed by atoms with Crippen molar-refractivity contribution < 1.29 is 18.3 Å². The van der Waals surface area contributed by atoms with Gasteiger partial charge in [-0.25, -0.2) is 9.78 Å². The second-order valence-corrected chi connectivity index (χ2v) is 5.72. The molecule has 3 rings (SSSR count). The van der Waals surface area contributed by atoms with E-state index in [1.165, 1.54) is 31.5 Å². The molecule has 114 valence electrons. The normalized spacial score (nSPS) is 25.8. The Balaban J connectivity index is 1.42. The highest BCUT2D eigenvalue weighted by Gasteiger charge is 2.60. The average molecular weight is 297 g/mol. The van der Waals surface area contributed by atoms with E-state index in [1.807, 2.05) is 0 Å². The van der Waals surface area contributed by atoms with Gasteiger partial charge >= 0.3 is 12.6 Å². The van der Waals surface area contributed by atoms with E-state index >= 15 is 0 Å². The van der Waals surface area contributed by atoms with E-state index in [1.54, 1.807) is 6.07 Å². The molecule has 0 aromatic carbocycles. The number of nitrogens with one attached hydrogen (secondary N) is 2.